The fraction of sp³-hybridized carbons (Fsp3) is 0.167. The van der Waals surface area contributed by atoms with Crippen molar-refractivity contribution < 1.29 is 13.9 Å². The van der Waals surface area contributed by atoms with Crippen LogP contribution in [-0.4, -0.2) is 21.9 Å². The largest absolute Gasteiger partial charge is 0.484 e. The van der Waals surface area contributed by atoms with Gasteiger partial charge in [-0.1, -0.05) is 11.6 Å². The number of nitrogens with zero attached hydrogens (tertiary/aromatic N) is 2. The van der Waals surface area contributed by atoms with Gasteiger partial charge in [-0.05, 0) is 61.4 Å². The van der Waals surface area contributed by atoms with Crippen molar-refractivity contribution in [2.45, 2.75) is 13.8 Å². The number of rotatable bonds is 5. The molecule has 0 fully saturated rings. The normalized spacial score (nSPS) is 10.6. The second-order valence-corrected chi connectivity index (χ2v) is 6.77. The van der Waals surface area contributed by atoms with Gasteiger partial charge >= 0.3 is 0 Å². The summed E-state index contributed by atoms with van der Waals surface area (Å²) in [6, 6.07) is 9.38. The minimum Gasteiger partial charge on any atom is -0.484 e. The molecular formula is C18H15ClFN3O2S. The van der Waals surface area contributed by atoms with Gasteiger partial charge in [-0.25, -0.2) is 4.39 Å². The molecule has 0 saturated heterocycles. The van der Waals surface area contributed by atoms with Crippen molar-refractivity contribution in [1.29, 1.82) is 0 Å². The van der Waals surface area contributed by atoms with E-state index in [4.69, 9.17) is 16.3 Å². The molecule has 8 heteroatoms. The van der Waals surface area contributed by atoms with E-state index in [0.29, 0.717) is 27.3 Å². The highest BCUT2D eigenvalue weighted by molar-refractivity contribution is 7.10. The van der Waals surface area contributed by atoms with E-state index in [9.17, 15) is 9.18 Å². The number of benzene rings is 2. The summed E-state index contributed by atoms with van der Waals surface area (Å²) in [6.07, 6.45) is 0. The smallest absolute Gasteiger partial charge is 0.264 e. The molecule has 2 aromatic carbocycles. The van der Waals surface area contributed by atoms with E-state index in [1.165, 1.54) is 12.1 Å². The maximum atomic E-state index is 13.0. The van der Waals surface area contributed by atoms with Crippen LogP contribution in [0.4, 0.5) is 9.52 Å². The number of ether oxygens (including phenoxy) is 1. The fourth-order valence-corrected chi connectivity index (χ4v) is 3.00. The number of anilines is 1. The Morgan fingerprint density at radius 1 is 1.23 bits per heavy atom. The van der Waals surface area contributed by atoms with Gasteiger partial charge in [0, 0.05) is 22.1 Å². The first-order valence-electron chi connectivity index (χ1n) is 7.71. The Balaban J connectivity index is 1.59. The summed E-state index contributed by atoms with van der Waals surface area (Å²) in [5, 5.41) is 3.67. The maximum Gasteiger partial charge on any atom is 0.264 e. The Kier molecular flexibility index (Phi) is 5.49. The van der Waals surface area contributed by atoms with Crippen molar-refractivity contribution in [3.05, 3.63) is 58.4 Å². The fourth-order valence-electron chi connectivity index (χ4n) is 2.28. The van der Waals surface area contributed by atoms with Crippen molar-refractivity contribution in [1.82, 2.24) is 9.36 Å². The molecule has 3 rings (SSSR count). The van der Waals surface area contributed by atoms with Crippen LogP contribution in [0.25, 0.3) is 11.4 Å². The van der Waals surface area contributed by atoms with Crippen LogP contribution in [0.1, 0.15) is 11.1 Å². The van der Waals surface area contributed by atoms with E-state index in [1.807, 2.05) is 13.8 Å². The minimum atomic E-state index is -0.350. The Labute approximate surface area is 159 Å². The van der Waals surface area contributed by atoms with Crippen molar-refractivity contribution in [2.24, 2.45) is 0 Å². The molecule has 0 saturated carbocycles. The first-order valence-corrected chi connectivity index (χ1v) is 8.86. The zero-order chi connectivity index (χ0) is 18.7. The molecule has 0 aliphatic carbocycles. The van der Waals surface area contributed by atoms with Crippen molar-refractivity contribution in [2.75, 3.05) is 11.9 Å². The molecule has 0 aliphatic rings. The molecule has 0 radical (unpaired) electrons. The number of amides is 1. The summed E-state index contributed by atoms with van der Waals surface area (Å²) in [4.78, 5) is 16.3. The molecule has 0 bridgehead atoms. The zero-order valence-electron chi connectivity index (χ0n) is 14.0. The summed E-state index contributed by atoms with van der Waals surface area (Å²) >= 11 is 7.16. The predicted octanol–water partition coefficient (Wildman–Crippen LogP) is 4.63. The molecule has 0 unspecified atom stereocenters. The average Bonchev–Trinajstić information content (AvgIpc) is 3.06. The van der Waals surface area contributed by atoms with Crippen LogP contribution >= 0.6 is 23.1 Å². The van der Waals surface area contributed by atoms with Crippen LogP contribution in [-0.2, 0) is 4.79 Å². The Hall–Kier alpha value is -2.51. The van der Waals surface area contributed by atoms with E-state index < -0.39 is 0 Å². The molecule has 0 aliphatic heterocycles. The van der Waals surface area contributed by atoms with Gasteiger partial charge in [0.25, 0.3) is 5.91 Å². The van der Waals surface area contributed by atoms with Crippen LogP contribution in [0.15, 0.2) is 36.4 Å². The molecule has 1 heterocycles. The van der Waals surface area contributed by atoms with Crippen LogP contribution < -0.4 is 10.1 Å². The Morgan fingerprint density at radius 2 is 1.88 bits per heavy atom. The third-order valence-electron chi connectivity index (χ3n) is 3.55. The Morgan fingerprint density at radius 3 is 2.54 bits per heavy atom. The van der Waals surface area contributed by atoms with E-state index in [-0.39, 0.29) is 18.3 Å². The molecule has 5 nitrogen and oxygen atoms in total. The molecule has 0 atom stereocenters. The summed E-state index contributed by atoms with van der Waals surface area (Å²) in [5.74, 6) is 0.318. The maximum absolute atomic E-state index is 13.0. The monoisotopic (exact) mass is 391 g/mol. The second-order valence-electron chi connectivity index (χ2n) is 5.64. The number of carbonyl (C=O) groups excluding carboxylic acids is 1. The van der Waals surface area contributed by atoms with Gasteiger partial charge in [0.05, 0.1) is 0 Å². The highest BCUT2D eigenvalue weighted by Gasteiger charge is 2.11. The summed E-state index contributed by atoms with van der Waals surface area (Å²) < 4.78 is 22.6. The van der Waals surface area contributed by atoms with E-state index >= 15 is 0 Å². The zero-order valence-corrected chi connectivity index (χ0v) is 15.6. The summed E-state index contributed by atoms with van der Waals surface area (Å²) in [6.45, 7) is 3.59. The van der Waals surface area contributed by atoms with Gasteiger partial charge in [0.2, 0.25) is 5.13 Å². The average molecular weight is 392 g/mol. The SMILES string of the molecule is Cc1cc(OCC(=O)Nc2nc(-c3ccc(F)cc3)ns2)cc(C)c1Cl. The van der Waals surface area contributed by atoms with E-state index in [0.717, 1.165) is 22.7 Å². The molecule has 134 valence electrons. The third kappa shape index (κ3) is 4.36. The number of hydrogen-bond donors (Lipinski definition) is 1. The lowest BCUT2D eigenvalue weighted by molar-refractivity contribution is -0.118. The van der Waals surface area contributed by atoms with Crippen LogP contribution in [0.2, 0.25) is 5.02 Å². The lowest BCUT2D eigenvalue weighted by Gasteiger charge is -2.09. The number of aryl methyl sites for hydroxylation is 2. The number of halogens is 2. The lowest BCUT2D eigenvalue weighted by atomic mass is 10.1. The van der Waals surface area contributed by atoms with Gasteiger partial charge < -0.3 is 4.74 Å². The lowest BCUT2D eigenvalue weighted by Crippen LogP contribution is -2.20. The van der Waals surface area contributed by atoms with Crippen molar-refractivity contribution >= 4 is 34.2 Å². The molecule has 0 spiro atoms. The first-order chi connectivity index (χ1) is 12.4. The molecule has 1 amide bonds. The van der Waals surface area contributed by atoms with Gasteiger partial charge in [0.1, 0.15) is 11.6 Å². The number of aromatic nitrogens is 2. The van der Waals surface area contributed by atoms with Crippen molar-refractivity contribution in [3.8, 4) is 17.1 Å². The predicted molar refractivity (Wildman–Crippen MR) is 100 cm³/mol. The van der Waals surface area contributed by atoms with Gasteiger partial charge in [0.15, 0.2) is 12.4 Å². The van der Waals surface area contributed by atoms with Crippen LogP contribution in [0, 0.1) is 19.7 Å². The third-order valence-corrected chi connectivity index (χ3v) is 4.78. The van der Waals surface area contributed by atoms with Gasteiger partial charge in [-0.15, -0.1) is 0 Å². The van der Waals surface area contributed by atoms with Gasteiger partial charge in [-0.3, -0.25) is 10.1 Å². The highest BCUT2D eigenvalue weighted by atomic mass is 35.5. The summed E-state index contributed by atoms with van der Waals surface area (Å²) in [7, 11) is 0. The second kappa shape index (κ2) is 7.80. The van der Waals surface area contributed by atoms with Crippen molar-refractivity contribution in [3.63, 3.8) is 0 Å². The highest BCUT2D eigenvalue weighted by Crippen LogP contribution is 2.26. The topological polar surface area (TPSA) is 64.1 Å². The van der Waals surface area contributed by atoms with E-state index in [1.54, 1.807) is 24.3 Å². The molecule has 3 aromatic rings. The number of nitrogens with one attached hydrogen (secondary N) is 1. The Bertz CT molecular complexity index is 921. The van der Waals surface area contributed by atoms with Gasteiger partial charge in [-0.2, -0.15) is 9.36 Å². The van der Waals surface area contributed by atoms with Crippen LogP contribution in [0.5, 0.6) is 5.75 Å². The van der Waals surface area contributed by atoms with E-state index in [2.05, 4.69) is 14.7 Å². The molecule has 1 N–H and O–H groups in total. The molecule has 1 aromatic heterocycles. The standard InChI is InChI=1S/C18H15ClFN3O2S/c1-10-7-14(8-11(2)16(10)19)25-9-15(24)21-18-22-17(23-26-18)12-3-5-13(20)6-4-12/h3-8H,9H2,1-2H3,(H,21,22,23,24). The number of hydrogen-bond acceptors (Lipinski definition) is 5. The molecule has 26 heavy (non-hydrogen) atoms. The quantitative estimate of drug-likeness (QED) is 0.688. The van der Waals surface area contributed by atoms with Crippen LogP contribution in [0.3, 0.4) is 0 Å². The number of carbonyl (C=O) groups is 1. The summed E-state index contributed by atoms with van der Waals surface area (Å²) in [5.41, 5.74) is 2.44. The first kappa shape index (κ1) is 18.3. The minimum absolute atomic E-state index is 0.161. The molecular weight excluding hydrogens is 377 g/mol.